The molecule has 1 saturated heterocycles. The number of methoxy groups -OCH3 is 1. The summed E-state index contributed by atoms with van der Waals surface area (Å²) in [5.41, 5.74) is 4.29. The van der Waals surface area contributed by atoms with Gasteiger partial charge in [-0.1, -0.05) is 23.7 Å². The molecule has 0 amide bonds. The Morgan fingerprint density at radius 3 is 2.68 bits per heavy atom. The lowest BCUT2D eigenvalue weighted by molar-refractivity contribution is 0.415. The van der Waals surface area contributed by atoms with Crippen LogP contribution >= 0.6 is 24.0 Å². The Labute approximate surface area is 176 Å². The van der Waals surface area contributed by atoms with Crippen molar-refractivity contribution < 1.29 is 4.74 Å². The molecule has 1 N–H and O–H groups in total. The van der Waals surface area contributed by atoms with E-state index in [1.54, 1.807) is 7.11 Å². The molecule has 1 aliphatic heterocycles. The molecule has 3 aromatic rings. The average molecular weight is 416 g/mol. The monoisotopic (exact) mass is 415 g/mol. The van der Waals surface area contributed by atoms with Gasteiger partial charge in [-0.2, -0.15) is 5.26 Å². The Kier molecular flexibility index (Phi) is 6.51. The highest BCUT2D eigenvalue weighted by Gasteiger charge is 2.20. The number of ether oxygens (including phenoxy) is 1. The van der Waals surface area contributed by atoms with Crippen molar-refractivity contribution in [3.8, 4) is 11.8 Å². The van der Waals surface area contributed by atoms with Gasteiger partial charge in [0.25, 0.3) is 0 Å². The first-order chi connectivity index (χ1) is 13.2. The molecule has 146 valence electrons. The molecule has 0 saturated carbocycles. The van der Waals surface area contributed by atoms with Gasteiger partial charge in [0.1, 0.15) is 5.75 Å². The summed E-state index contributed by atoms with van der Waals surface area (Å²) in [4.78, 5) is 0. The second-order valence-corrected chi connectivity index (χ2v) is 7.46. The van der Waals surface area contributed by atoms with Gasteiger partial charge < -0.3 is 14.6 Å². The molecule has 0 spiro atoms. The van der Waals surface area contributed by atoms with Crippen molar-refractivity contribution in [3.05, 3.63) is 64.3 Å². The first-order valence-corrected chi connectivity index (χ1v) is 9.63. The molecule has 0 bridgehead atoms. The summed E-state index contributed by atoms with van der Waals surface area (Å²) in [5.74, 6) is 1.24. The summed E-state index contributed by atoms with van der Waals surface area (Å²) in [6.07, 6.45) is 4.56. The van der Waals surface area contributed by atoms with Crippen LogP contribution in [0.15, 0.2) is 42.6 Å². The van der Waals surface area contributed by atoms with Gasteiger partial charge in [-0.15, -0.1) is 12.4 Å². The van der Waals surface area contributed by atoms with Crippen molar-refractivity contribution in [3.63, 3.8) is 0 Å². The van der Waals surface area contributed by atoms with Gasteiger partial charge in [0.15, 0.2) is 0 Å². The van der Waals surface area contributed by atoms with E-state index >= 15 is 0 Å². The van der Waals surface area contributed by atoms with Crippen LogP contribution in [0.3, 0.4) is 0 Å². The fourth-order valence-electron chi connectivity index (χ4n) is 3.98. The van der Waals surface area contributed by atoms with E-state index in [4.69, 9.17) is 16.3 Å². The van der Waals surface area contributed by atoms with Crippen LogP contribution in [0.25, 0.3) is 10.9 Å². The Morgan fingerprint density at radius 1 is 1.21 bits per heavy atom. The number of piperidine rings is 1. The van der Waals surface area contributed by atoms with E-state index in [1.165, 1.54) is 10.9 Å². The number of nitriles is 1. The van der Waals surface area contributed by atoms with E-state index in [2.05, 4.69) is 28.2 Å². The van der Waals surface area contributed by atoms with Crippen LogP contribution in [0.1, 0.15) is 35.4 Å². The predicted molar refractivity (Wildman–Crippen MR) is 116 cm³/mol. The molecule has 0 atom stereocenters. The minimum atomic E-state index is 0. The van der Waals surface area contributed by atoms with Crippen LogP contribution in [0.4, 0.5) is 0 Å². The molecule has 1 aromatic heterocycles. The van der Waals surface area contributed by atoms with Crippen molar-refractivity contribution in [2.24, 2.45) is 0 Å². The lowest BCUT2D eigenvalue weighted by Crippen LogP contribution is -2.26. The van der Waals surface area contributed by atoms with Crippen LogP contribution in [-0.2, 0) is 6.54 Å². The summed E-state index contributed by atoms with van der Waals surface area (Å²) in [5, 5.41) is 14.6. The number of nitrogens with zero attached hydrogens (tertiary/aromatic N) is 2. The summed E-state index contributed by atoms with van der Waals surface area (Å²) >= 11 is 6.30. The Morgan fingerprint density at radius 2 is 2.00 bits per heavy atom. The van der Waals surface area contributed by atoms with E-state index in [-0.39, 0.29) is 12.4 Å². The summed E-state index contributed by atoms with van der Waals surface area (Å²) in [7, 11) is 1.62. The molecule has 2 aromatic carbocycles. The van der Waals surface area contributed by atoms with Crippen LogP contribution in [-0.4, -0.2) is 24.8 Å². The van der Waals surface area contributed by atoms with E-state index in [0.717, 1.165) is 37.0 Å². The standard InChI is InChI=1S/C22H22ClN3O.ClH/c1-27-22-5-3-16(10-20(22)23)13-26-14-19(17-6-8-25-9-7-17)18-4-2-15(12-24)11-21(18)26;/h2-5,10-11,14,17,25H,6-9,13H2,1H3;1H. The average Bonchev–Trinajstić information content (AvgIpc) is 3.06. The summed E-state index contributed by atoms with van der Waals surface area (Å²) in [6.45, 7) is 2.82. The zero-order valence-electron chi connectivity index (χ0n) is 15.7. The minimum absolute atomic E-state index is 0. The first kappa shape index (κ1) is 20.5. The largest absolute Gasteiger partial charge is 0.495 e. The molecule has 0 aliphatic carbocycles. The Bertz CT molecular complexity index is 1020. The Hall–Kier alpha value is -2.19. The number of fused-ring (bicyclic) bond motifs is 1. The number of hydrogen-bond acceptors (Lipinski definition) is 3. The normalized spacial score (nSPS) is 14.5. The molecule has 28 heavy (non-hydrogen) atoms. The molecule has 0 radical (unpaired) electrons. The van der Waals surface area contributed by atoms with Crippen LogP contribution in [0.2, 0.25) is 5.02 Å². The number of halogens is 2. The maximum atomic E-state index is 9.33. The van der Waals surface area contributed by atoms with E-state index in [1.807, 2.05) is 30.3 Å². The minimum Gasteiger partial charge on any atom is -0.495 e. The Balaban J connectivity index is 0.00000225. The van der Waals surface area contributed by atoms with Crippen LogP contribution in [0, 0.1) is 11.3 Å². The van der Waals surface area contributed by atoms with Crippen LogP contribution in [0.5, 0.6) is 5.75 Å². The SMILES string of the molecule is COc1ccc(Cn2cc(C3CCNCC3)c3ccc(C#N)cc32)cc1Cl.Cl. The van der Waals surface area contributed by atoms with Gasteiger partial charge in [-0.3, -0.25) is 0 Å². The number of aromatic nitrogens is 1. The fourth-order valence-corrected chi connectivity index (χ4v) is 4.26. The highest BCUT2D eigenvalue weighted by Crippen LogP contribution is 2.34. The van der Waals surface area contributed by atoms with Gasteiger partial charge in [-0.25, -0.2) is 0 Å². The summed E-state index contributed by atoms with van der Waals surface area (Å²) in [6, 6.07) is 14.2. The van der Waals surface area contributed by atoms with Gasteiger partial charge in [0, 0.05) is 23.6 Å². The maximum Gasteiger partial charge on any atom is 0.137 e. The zero-order chi connectivity index (χ0) is 18.8. The zero-order valence-corrected chi connectivity index (χ0v) is 17.3. The first-order valence-electron chi connectivity index (χ1n) is 9.25. The smallest absolute Gasteiger partial charge is 0.137 e. The number of benzene rings is 2. The van der Waals surface area contributed by atoms with Crippen molar-refractivity contribution in [2.45, 2.75) is 25.3 Å². The molecule has 2 heterocycles. The van der Waals surface area contributed by atoms with E-state index in [0.29, 0.717) is 28.8 Å². The van der Waals surface area contributed by atoms with Crippen molar-refractivity contribution in [1.82, 2.24) is 9.88 Å². The number of rotatable bonds is 4. The highest BCUT2D eigenvalue weighted by molar-refractivity contribution is 6.32. The molecule has 0 unspecified atom stereocenters. The molecule has 1 aliphatic rings. The van der Waals surface area contributed by atoms with Gasteiger partial charge in [-0.05, 0) is 67.2 Å². The lowest BCUT2D eigenvalue weighted by Gasteiger charge is -2.22. The third-order valence-electron chi connectivity index (χ3n) is 5.39. The van der Waals surface area contributed by atoms with Gasteiger partial charge in [0.2, 0.25) is 0 Å². The van der Waals surface area contributed by atoms with E-state index in [9.17, 15) is 5.26 Å². The maximum absolute atomic E-state index is 9.33. The highest BCUT2D eigenvalue weighted by atomic mass is 35.5. The lowest BCUT2D eigenvalue weighted by atomic mass is 9.90. The predicted octanol–water partition coefficient (Wildman–Crippen LogP) is 5.11. The molecular weight excluding hydrogens is 393 g/mol. The van der Waals surface area contributed by atoms with E-state index < -0.39 is 0 Å². The number of nitrogens with one attached hydrogen (secondary N) is 1. The quantitative estimate of drug-likeness (QED) is 0.643. The molecule has 6 heteroatoms. The molecule has 1 fully saturated rings. The third-order valence-corrected chi connectivity index (χ3v) is 5.69. The molecular formula is C22H23Cl2N3O. The second kappa shape index (κ2) is 8.87. The van der Waals surface area contributed by atoms with Gasteiger partial charge >= 0.3 is 0 Å². The van der Waals surface area contributed by atoms with Crippen molar-refractivity contribution in [1.29, 1.82) is 5.26 Å². The van der Waals surface area contributed by atoms with Crippen molar-refractivity contribution in [2.75, 3.05) is 20.2 Å². The summed E-state index contributed by atoms with van der Waals surface area (Å²) < 4.78 is 7.50. The van der Waals surface area contributed by atoms with Gasteiger partial charge in [0.05, 0.1) is 23.8 Å². The topological polar surface area (TPSA) is 50.0 Å². The van der Waals surface area contributed by atoms with Crippen LogP contribution < -0.4 is 10.1 Å². The molecule has 4 rings (SSSR count). The number of hydrogen-bond donors (Lipinski definition) is 1. The third kappa shape index (κ3) is 3.98. The second-order valence-electron chi connectivity index (χ2n) is 7.05. The fraction of sp³-hybridized carbons (Fsp3) is 0.318. The molecule has 4 nitrogen and oxygen atoms in total. The van der Waals surface area contributed by atoms with Crippen molar-refractivity contribution >= 4 is 34.9 Å².